The average Bonchev–Trinajstić information content (AvgIpc) is 3.00. The summed E-state index contributed by atoms with van der Waals surface area (Å²) < 4.78 is 13.3. The normalized spacial score (nSPS) is 13.4. The number of carbonyl (C=O) groups excluding carboxylic acids is 1. The maximum atomic E-state index is 13.3. The molecular weight excluding hydrogens is 307 g/mol. The van der Waals surface area contributed by atoms with E-state index in [-0.39, 0.29) is 11.8 Å². The van der Waals surface area contributed by atoms with E-state index in [2.05, 4.69) is 5.32 Å². The minimum Gasteiger partial charge on any atom is -0.349 e. The van der Waals surface area contributed by atoms with Crippen LogP contribution in [0.3, 0.4) is 0 Å². The predicted molar refractivity (Wildman–Crippen MR) is 82.3 cm³/mol. The van der Waals surface area contributed by atoms with E-state index in [4.69, 9.17) is 0 Å². The zero-order valence-electron chi connectivity index (χ0n) is 12.1. The molecule has 1 aromatic heterocycles. The van der Waals surface area contributed by atoms with Crippen LogP contribution in [0.25, 0.3) is 0 Å². The summed E-state index contributed by atoms with van der Waals surface area (Å²) in [5.41, 5.74) is -0.107. The second-order valence-corrected chi connectivity index (χ2v) is 5.91. The van der Waals surface area contributed by atoms with Crippen molar-refractivity contribution in [3.63, 3.8) is 0 Å². The molecule has 0 radical (unpaired) electrons. The van der Waals surface area contributed by atoms with Crippen molar-refractivity contribution in [1.82, 2.24) is 5.32 Å². The van der Waals surface area contributed by atoms with E-state index < -0.39 is 22.5 Å². The van der Waals surface area contributed by atoms with Gasteiger partial charge in [0.2, 0.25) is 11.7 Å². The molecule has 0 bridgehead atoms. The van der Waals surface area contributed by atoms with Gasteiger partial charge in [0.25, 0.3) is 0 Å². The number of nitro benzene ring substituents is 1. The van der Waals surface area contributed by atoms with Gasteiger partial charge in [-0.15, -0.1) is 11.3 Å². The largest absolute Gasteiger partial charge is 0.349 e. The van der Waals surface area contributed by atoms with Crippen LogP contribution in [-0.4, -0.2) is 10.8 Å². The van der Waals surface area contributed by atoms with Crippen molar-refractivity contribution in [1.29, 1.82) is 0 Å². The van der Waals surface area contributed by atoms with Gasteiger partial charge in [0, 0.05) is 10.9 Å². The quantitative estimate of drug-likeness (QED) is 0.672. The number of hydrogen-bond acceptors (Lipinski definition) is 4. The summed E-state index contributed by atoms with van der Waals surface area (Å²) in [5.74, 6) is -1.38. The lowest BCUT2D eigenvalue weighted by Crippen LogP contribution is -2.30. The van der Waals surface area contributed by atoms with E-state index >= 15 is 0 Å². The van der Waals surface area contributed by atoms with Crippen LogP contribution in [0, 0.1) is 15.9 Å². The van der Waals surface area contributed by atoms with Gasteiger partial charge < -0.3 is 5.32 Å². The SMILES string of the molecule is CC(C(=O)N[C@@H](C)c1ccc(F)c([N+](=O)[O-])c1)c1cccs1. The molecular formula is C15H15FN2O3S. The van der Waals surface area contributed by atoms with Crippen molar-refractivity contribution in [2.24, 2.45) is 0 Å². The van der Waals surface area contributed by atoms with Gasteiger partial charge in [-0.05, 0) is 36.9 Å². The predicted octanol–water partition coefficient (Wildman–Crippen LogP) is 3.78. The highest BCUT2D eigenvalue weighted by atomic mass is 32.1. The molecule has 1 N–H and O–H groups in total. The fraction of sp³-hybridized carbons (Fsp3) is 0.267. The number of nitrogens with zero attached hydrogens (tertiary/aromatic N) is 1. The molecule has 0 aliphatic carbocycles. The first-order valence-electron chi connectivity index (χ1n) is 6.67. The number of thiophene rings is 1. The van der Waals surface area contributed by atoms with Crippen LogP contribution in [0.5, 0.6) is 0 Å². The minimum absolute atomic E-state index is 0.179. The third-order valence-corrected chi connectivity index (χ3v) is 4.44. The highest BCUT2D eigenvalue weighted by Gasteiger charge is 2.21. The van der Waals surface area contributed by atoms with Crippen LogP contribution in [0.4, 0.5) is 10.1 Å². The van der Waals surface area contributed by atoms with Crippen molar-refractivity contribution >= 4 is 22.9 Å². The van der Waals surface area contributed by atoms with E-state index in [1.54, 1.807) is 13.8 Å². The van der Waals surface area contributed by atoms with E-state index in [1.807, 2.05) is 17.5 Å². The first kappa shape index (κ1) is 16.1. The second-order valence-electron chi connectivity index (χ2n) is 4.94. The molecule has 1 heterocycles. The summed E-state index contributed by atoms with van der Waals surface area (Å²) in [6, 6.07) is 6.92. The van der Waals surface area contributed by atoms with Crippen LogP contribution in [0.15, 0.2) is 35.7 Å². The van der Waals surface area contributed by atoms with Crippen molar-refractivity contribution in [2.75, 3.05) is 0 Å². The molecule has 2 atom stereocenters. The summed E-state index contributed by atoms with van der Waals surface area (Å²) in [6.45, 7) is 3.50. The Morgan fingerprint density at radius 2 is 2.09 bits per heavy atom. The maximum absolute atomic E-state index is 13.3. The number of carbonyl (C=O) groups is 1. The average molecular weight is 322 g/mol. The van der Waals surface area contributed by atoms with E-state index in [0.29, 0.717) is 5.56 Å². The van der Waals surface area contributed by atoms with E-state index in [0.717, 1.165) is 17.0 Å². The molecule has 0 aliphatic rings. The molecule has 22 heavy (non-hydrogen) atoms. The molecule has 0 aliphatic heterocycles. The van der Waals surface area contributed by atoms with Crippen LogP contribution in [0.2, 0.25) is 0 Å². The lowest BCUT2D eigenvalue weighted by molar-refractivity contribution is -0.387. The number of nitrogens with one attached hydrogen (secondary N) is 1. The number of nitro groups is 1. The van der Waals surface area contributed by atoms with E-state index in [9.17, 15) is 19.3 Å². The molecule has 0 spiro atoms. The van der Waals surface area contributed by atoms with Crippen LogP contribution in [-0.2, 0) is 4.79 Å². The van der Waals surface area contributed by atoms with Crippen molar-refractivity contribution in [3.05, 3.63) is 62.1 Å². The smallest absolute Gasteiger partial charge is 0.305 e. The van der Waals surface area contributed by atoms with Crippen molar-refractivity contribution in [3.8, 4) is 0 Å². The molecule has 1 amide bonds. The minimum atomic E-state index is -0.890. The van der Waals surface area contributed by atoms with Gasteiger partial charge in [-0.25, -0.2) is 0 Å². The van der Waals surface area contributed by atoms with Crippen LogP contribution >= 0.6 is 11.3 Å². The molecule has 116 valence electrons. The zero-order chi connectivity index (χ0) is 16.3. The molecule has 0 fully saturated rings. The lowest BCUT2D eigenvalue weighted by Gasteiger charge is -2.17. The fourth-order valence-corrected chi connectivity index (χ4v) is 2.81. The second kappa shape index (κ2) is 6.65. The Bertz CT molecular complexity index is 688. The number of rotatable bonds is 5. The van der Waals surface area contributed by atoms with Crippen LogP contribution in [0.1, 0.15) is 36.2 Å². The topological polar surface area (TPSA) is 72.2 Å². The number of hydrogen-bond donors (Lipinski definition) is 1. The summed E-state index contributed by atoms with van der Waals surface area (Å²) in [4.78, 5) is 23.1. The van der Waals surface area contributed by atoms with Gasteiger partial charge in [-0.2, -0.15) is 4.39 Å². The van der Waals surface area contributed by atoms with Gasteiger partial charge in [-0.3, -0.25) is 14.9 Å². The molecule has 2 aromatic rings. The molecule has 0 saturated heterocycles. The van der Waals surface area contributed by atoms with Gasteiger partial charge in [0.05, 0.1) is 16.9 Å². The standard InChI is InChI=1S/C15H15FN2O3S/c1-9(14-4-3-7-22-14)15(19)17-10(2)11-5-6-12(16)13(8-11)18(20)21/h3-10H,1-2H3,(H,17,19)/t9?,10-/m0/s1. The van der Waals surface area contributed by atoms with E-state index in [1.165, 1.54) is 17.4 Å². The van der Waals surface area contributed by atoms with Gasteiger partial charge >= 0.3 is 5.69 Å². The highest BCUT2D eigenvalue weighted by Crippen LogP contribution is 2.25. The Morgan fingerprint density at radius 3 is 2.68 bits per heavy atom. The summed E-state index contributed by atoms with van der Waals surface area (Å²) >= 11 is 1.49. The molecule has 1 unspecified atom stereocenters. The van der Waals surface area contributed by atoms with Gasteiger partial charge in [0.15, 0.2) is 0 Å². The van der Waals surface area contributed by atoms with Crippen molar-refractivity contribution < 1.29 is 14.1 Å². The molecule has 7 heteroatoms. The Balaban J connectivity index is 2.12. The monoisotopic (exact) mass is 322 g/mol. The molecule has 0 saturated carbocycles. The van der Waals surface area contributed by atoms with Crippen molar-refractivity contribution in [2.45, 2.75) is 25.8 Å². The van der Waals surface area contributed by atoms with Crippen LogP contribution < -0.4 is 5.32 Å². The maximum Gasteiger partial charge on any atom is 0.305 e. The number of amides is 1. The Kier molecular flexibility index (Phi) is 4.87. The Hall–Kier alpha value is -2.28. The number of halogens is 1. The first-order valence-corrected chi connectivity index (χ1v) is 7.55. The highest BCUT2D eigenvalue weighted by molar-refractivity contribution is 7.10. The fourth-order valence-electron chi connectivity index (χ4n) is 2.03. The number of benzene rings is 1. The van der Waals surface area contributed by atoms with Gasteiger partial charge in [-0.1, -0.05) is 12.1 Å². The molecule has 5 nitrogen and oxygen atoms in total. The third kappa shape index (κ3) is 3.48. The molecule has 1 aromatic carbocycles. The lowest BCUT2D eigenvalue weighted by atomic mass is 10.0. The summed E-state index contributed by atoms with van der Waals surface area (Å²) in [6.07, 6.45) is 0. The zero-order valence-corrected chi connectivity index (χ0v) is 12.9. The summed E-state index contributed by atoms with van der Waals surface area (Å²) in [7, 11) is 0. The Morgan fingerprint density at radius 1 is 1.36 bits per heavy atom. The summed E-state index contributed by atoms with van der Waals surface area (Å²) in [5, 5.41) is 15.4. The Labute approximate surface area is 130 Å². The van der Waals surface area contributed by atoms with Gasteiger partial charge in [0.1, 0.15) is 0 Å². The molecule has 2 rings (SSSR count). The third-order valence-electron chi connectivity index (χ3n) is 3.39. The first-order chi connectivity index (χ1) is 10.4.